The van der Waals surface area contributed by atoms with E-state index in [0.717, 1.165) is 29.9 Å². The van der Waals surface area contributed by atoms with Crippen LogP contribution in [0.25, 0.3) is 5.70 Å². The molecule has 0 aromatic carbocycles. The molecule has 2 aliphatic carbocycles. The lowest BCUT2D eigenvalue weighted by Gasteiger charge is -2.37. The van der Waals surface area contributed by atoms with Crippen LogP contribution in [0.5, 0.6) is 0 Å². The van der Waals surface area contributed by atoms with Crippen LogP contribution in [0.4, 0.5) is 0 Å². The van der Waals surface area contributed by atoms with Gasteiger partial charge in [0.1, 0.15) is 0 Å². The molecule has 0 atom stereocenters. The minimum atomic E-state index is 0.0553. The molecule has 4 rings (SSSR count). The van der Waals surface area contributed by atoms with E-state index in [0.29, 0.717) is 17.4 Å². The third kappa shape index (κ3) is 1.98. The van der Waals surface area contributed by atoms with Crippen molar-refractivity contribution in [1.29, 1.82) is 0 Å². The third-order valence-electron chi connectivity index (χ3n) is 5.27. The minimum absolute atomic E-state index is 0.0553. The summed E-state index contributed by atoms with van der Waals surface area (Å²) in [5, 5.41) is 0. The van der Waals surface area contributed by atoms with Gasteiger partial charge in [0, 0.05) is 37.5 Å². The Labute approximate surface area is 125 Å². The second-order valence-electron chi connectivity index (χ2n) is 6.49. The number of fused-ring (bicyclic) bond motifs is 1. The van der Waals surface area contributed by atoms with Crippen molar-refractivity contribution in [3.05, 3.63) is 35.2 Å². The summed E-state index contributed by atoms with van der Waals surface area (Å²) in [6.45, 7) is 2.02. The highest BCUT2D eigenvalue weighted by molar-refractivity contribution is 6.10. The Kier molecular flexibility index (Phi) is 2.68. The van der Waals surface area contributed by atoms with E-state index in [4.69, 9.17) is 6.42 Å². The molecule has 1 aromatic rings. The van der Waals surface area contributed by atoms with Crippen molar-refractivity contribution in [3.8, 4) is 12.3 Å². The lowest BCUT2D eigenvalue weighted by Crippen LogP contribution is -2.36. The van der Waals surface area contributed by atoms with Crippen LogP contribution in [-0.4, -0.2) is 28.8 Å². The van der Waals surface area contributed by atoms with E-state index in [9.17, 15) is 4.79 Å². The molecule has 1 spiro atoms. The van der Waals surface area contributed by atoms with Gasteiger partial charge in [-0.15, -0.1) is 6.42 Å². The Bertz CT molecular complexity index is 681. The molecule has 1 aliphatic heterocycles. The van der Waals surface area contributed by atoms with Crippen LogP contribution in [0.2, 0.25) is 0 Å². The lowest BCUT2D eigenvalue weighted by atomic mass is 9.86. The number of piperidine rings is 1. The molecule has 0 amide bonds. The fourth-order valence-electron chi connectivity index (χ4n) is 3.69. The highest BCUT2D eigenvalue weighted by atomic mass is 16.1. The molecule has 0 unspecified atom stereocenters. The molecule has 3 heteroatoms. The molecule has 2 heterocycles. The standard InChI is InChI=1S/C18H18N2O/c1-2-14-16(21)11-13-12-19-8-3-15(13)17(14)20-9-6-18(4-5-18)7-10-20/h1,3,8,12H,4-7,9-11H2. The summed E-state index contributed by atoms with van der Waals surface area (Å²) < 4.78 is 0. The monoisotopic (exact) mass is 278 g/mol. The first-order valence-corrected chi connectivity index (χ1v) is 7.65. The van der Waals surface area contributed by atoms with Gasteiger partial charge >= 0.3 is 0 Å². The molecular formula is C18H18N2O. The topological polar surface area (TPSA) is 33.2 Å². The van der Waals surface area contributed by atoms with E-state index in [1.807, 2.05) is 6.07 Å². The number of pyridine rings is 1. The van der Waals surface area contributed by atoms with Gasteiger partial charge in [-0.1, -0.05) is 5.92 Å². The molecule has 21 heavy (non-hydrogen) atoms. The quantitative estimate of drug-likeness (QED) is 0.740. The first kappa shape index (κ1) is 12.6. The van der Waals surface area contributed by atoms with Crippen LogP contribution in [0.3, 0.4) is 0 Å². The van der Waals surface area contributed by atoms with Crippen LogP contribution in [-0.2, 0) is 11.2 Å². The van der Waals surface area contributed by atoms with Crippen molar-refractivity contribution in [1.82, 2.24) is 9.88 Å². The maximum absolute atomic E-state index is 12.3. The first-order valence-electron chi connectivity index (χ1n) is 7.65. The number of rotatable bonds is 1. The predicted octanol–water partition coefficient (Wildman–Crippen LogP) is 2.43. The SMILES string of the molecule is C#CC1=C(N2CCC3(CC2)CC3)c2ccncc2CC1=O. The Balaban J connectivity index is 1.76. The van der Waals surface area contributed by atoms with Crippen molar-refractivity contribution in [3.63, 3.8) is 0 Å². The van der Waals surface area contributed by atoms with Gasteiger partial charge in [0.05, 0.1) is 11.3 Å². The van der Waals surface area contributed by atoms with E-state index in [1.54, 1.807) is 12.4 Å². The van der Waals surface area contributed by atoms with Crippen LogP contribution in [0, 0.1) is 17.8 Å². The highest BCUT2D eigenvalue weighted by Crippen LogP contribution is 2.54. The summed E-state index contributed by atoms with van der Waals surface area (Å²) in [6, 6.07) is 2.00. The van der Waals surface area contributed by atoms with Gasteiger partial charge in [-0.05, 0) is 42.7 Å². The third-order valence-corrected chi connectivity index (χ3v) is 5.27. The molecule has 0 radical (unpaired) electrons. The summed E-state index contributed by atoms with van der Waals surface area (Å²) in [4.78, 5) is 18.8. The lowest BCUT2D eigenvalue weighted by molar-refractivity contribution is -0.114. The van der Waals surface area contributed by atoms with Crippen molar-refractivity contribution < 1.29 is 4.79 Å². The Hall–Kier alpha value is -2.08. The normalized spacial score (nSPS) is 23.0. The summed E-state index contributed by atoms with van der Waals surface area (Å²) in [5.41, 5.74) is 4.25. The molecular weight excluding hydrogens is 260 g/mol. The van der Waals surface area contributed by atoms with Gasteiger partial charge in [0.15, 0.2) is 5.78 Å². The van der Waals surface area contributed by atoms with E-state index in [1.165, 1.54) is 25.7 Å². The van der Waals surface area contributed by atoms with Gasteiger partial charge in [-0.3, -0.25) is 9.78 Å². The van der Waals surface area contributed by atoms with E-state index in [-0.39, 0.29) is 5.78 Å². The largest absolute Gasteiger partial charge is 0.370 e. The zero-order valence-electron chi connectivity index (χ0n) is 12.1. The number of nitrogens with zero attached hydrogens (tertiary/aromatic N) is 2. The van der Waals surface area contributed by atoms with Gasteiger partial charge in [-0.2, -0.15) is 0 Å². The van der Waals surface area contributed by atoms with Crippen molar-refractivity contribution in [2.45, 2.75) is 32.1 Å². The first-order chi connectivity index (χ1) is 10.2. The highest BCUT2D eigenvalue weighted by Gasteiger charge is 2.45. The average Bonchev–Trinajstić information content (AvgIpc) is 3.26. The number of terminal acetylenes is 1. The smallest absolute Gasteiger partial charge is 0.177 e. The summed E-state index contributed by atoms with van der Waals surface area (Å²) >= 11 is 0. The zero-order chi connectivity index (χ0) is 14.4. The maximum Gasteiger partial charge on any atom is 0.177 e. The van der Waals surface area contributed by atoms with Crippen molar-refractivity contribution in [2.75, 3.05) is 13.1 Å². The molecule has 1 saturated carbocycles. The van der Waals surface area contributed by atoms with Gasteiger partial charge in [0.25, 0.3) is 0 Å². The summed E-state index contributed by atoms with van der Waals surface area (Å²) in [5.74, 6) is 2.70. The van der Waals surface area contributed by atoms with Crippen LogP contribution >= 0.6 is 0 Å². The number of Topliss-reactive ketones (excluding diaryl/α,β-unsaturated/α-hetero) is 1. The van der Waals surface area contributed by atoms with Gasteiger partial charge < -0.3 is 4.90 Å². The predicted molar refractivity (Wildman–Crippen MR) is 81.2 cm³/mol. The molecule has 1 saturated heterocycles. The van der Waals surface area contributed by atoms with Crippen LogP contribution in [0.1, 0.15) is 36.8 Å². The minimum Gasteiger partial charge on any atom is -0.370 e. The molecule has 2 fully saturated rings. The van der Waals surface area contributed by atoms with E-state index < -0.39 is 0 Å². The van der Waals surface area contributed by atoms with Crippen molar-refractivity contribution >= 4 is 11.5 Å². The number of allylic oxidation sites excluding steroid dienone is 1. The van der Waals surface area contributed by atoms with Gasteiger partial charge in [0.2, 0.25) is 0 Å². The molecule has 106 valence electrons. The number of ketones is 1. The zero-order valence-corrected chi connectivity index (χ0v) is 12.1. The Morgan fingerprint density at radius 1 is 1.24 bits per heavy atom. The number of aromatic nitrogens is 1. The molecule has 3 nitrogen and oxygen atoms in total. The Morgan fingerprint density at radius 2 is 2.00 bits per heavy atom. The fourth-order valence-corrected chi connectivity index (χ4v) is 3.69. The molecule has 3 aliphatic rings. The van der Waals surface area contributed by atoms with Crippen LogP contribution in [0.15, 0.2) is 24.0 Å². The van der Waals surface area contributed by atoms with E-state index >= 15 is 0 Å². The van der Waals surface area contributed by atoms with Crippen LogP contribution < -0.4 is 0 Å². The summed E-state index contributed by atoms with van der Waals surface area (Å²) in [7, 11) is 0. The Morgan fingerprint density at radius 3 is 2.67 bits per heavy atom. The van der Waals surface area contributed by atoms with Crippen molar-refractivity contribution in [2.24, 2.45) is 5.41 Å². The summed E-state index contributed by atoms with van der Waals surface area (Å²) in [6.07, 6.45) is 14.8. The van der Waals surface area contributed by atoms with E-state index in [2.05, 4.69) is 15.8 Å². The second-order valence-corrected chi connectivity index (χ2v) is 6.49. The number of carbonyl (C=O) groups is 1. The maximum atomic E-state index is 12.3. The number of hydrogen-bond donors (Lipinski definition) is 0. The number of likely N-dealkylation sites (tertiary alicyclic amines) is 1. The molecule has 0 bridgehead atoms. The fraction of sp³-hybridized carbons (Fsp3) is 0.444. The molecule has 1 aromatic heterocycles. The number of carbonyl (C=O) groups excluding carboxylic acids is 1. The average molecular weight is 278 g/mol. The molecule has 0 N–H and O–H groups in total. The number of hydrogen-bond acceptors (Lipinski definition) is 3. The van der Waals surface area contributed by atoms with Gasteiger partial charge in [-0.25, -0.2) is 0 Å². The second kappa shape index (κ2) is 4.46.